The Morgan fingerprint density at radius 3 is 2.59 bits per heavy atom. The summed E-state index contributed by atoms with van der Waals surface area (Å²) in [5.74, 6) is 0.182. The van der Waals surface area contributed by atoms with Gasteiger partial charge in [0, 0.05) is 54.1 Å². The van der Waals surface area contributed by atoms with Crippen LogP contribution in [-0.4, -0.2) is 33.8 Å². The quantitative estimate of drug-likeness (QED) is 0.576. The molecule has 0 amide bonds. The zero-order valence-electron chi connectivity index (χ0n) is 18.2. The summed E-state index contributed by atoms with van der Waals surface area (Å²) >= 11 is 0. The molecule has 4 heteroatoms. The molecule has 152 valence electrons. The number of ketones is 1. The van der Waals surface area contributed by atoms with Gasteiger partial charge < -0.3 is 9.47 Å². The molecule has 2 aromatic heterocycles. The normalized spacial score (nSPS) is 16.0. The van der Waals surface area contributed by atoms with Crippen molar-refractivity contribution in [3.05, 3.63) is 65.1 Å². The van der Waals surface area contributed by atoms with E-state index in [1.165, 1.54) is 27.7 Å². The fraction of sp³-hybridized carbons (Fsp3) is 0.440. The summed E-state index contributed by atoms with van der Waals surface area (Å²) < 4.78 is 2.37. The lowest BCUT2D eigenvalue weighted by Gasteiger charge is -2.31. The van der Waals surface area contributed by atoms with Gasteiger partial charge in [0.15, 0.2) is 5.78 Å². The second-order valence-corrected chi connectivity index (χ2v) is 9.68. The minimum Gasteiger partial charge on any atom is -0.333 e. The summed E-state index contributed by atoms with van der Waals surface area (Å²) in [6.07, 6.45) is 5.20. The Hall–Kier alpha value is -2.46. The van der Waals surface area contributed by atoms with Gasteiger partial charge in [-0.15, -0.1) is 0 Å². The maximum Gasteiger partial charge on any atom is 0.185 e. The van der Waals surface area contributed by atoms with Crippen LogP contribution in [0.2, 0.25) is 0 Å². The highest BCUT2D eigenvalue weighted by atomic mass is 16.1. The first-order chi connectivity index (χ1) is 13.7. The molecule has 1 aliphatic heterocycles. The van der Waals surface area contributed by atoms with Crippen LogP contribution in [0.1, 0.15) is 60.4 Å². The smallest absolute Gasteiger partial charge is 0.185 e. The molecule has 0 bridgehead atoms. The molecule has 0 saturated carbocycles. The van der Waals surface area contributed by atoms with Crippen molar-refractivity contribution in [1.82, 2.24) is 14.5 Å². The predicted octanol–water partition coefficient (Wildman–Crippen LogP) is 5.19. The molecule has 0 radical (unpaired) electrons. The van der Waals surface area contributed by atoms with Gasteiger partial charge in [-0.25, -0.2) is 0 Å². The van der Waals surface area contributed by atoms with Gasteiger partial charge >= 0.3 is 0 Å². The van der Waals surface area contributed by atoms with Crippen molar-refractivity contribution in [2.75, 3.05) is 13.6 Å². The van der Waals surface area contributed by atoms with E-state index >= 15 is 0 Å². The fourth-order valence-electron chi connectivity index (χ4n) is 4.59. The van der Waals surface area contributed by atoms with Gasteiger partial charge in [-0.2, -0.15) is 0 Å². The largest absolute Gasteiger partial charge is 0.333 e. The van der Waals surface area contributed by atoms with Crippen molar-refractivity contribution in [2.45, 2.75) is 53.1 Å². The minimum atomic E-state index is -0.213. The first-order valence-corrected chi connectivity index (χ1v) is 10.5. The lowest BCUT2D eigenvalue weighted by molar-refractivity contribution is 0.0891. The summed E-state index contributed by atoms with van der Waals surface area (Å²) in [5.41, 5.74) is 5.95. The molecule has 3 heterocycles. The Bertz CT molecular complexity index is 1040. The van der Waals surface area contributed by atoms with Crippen molar-refractivity contribution in [1.29, 1.82) is 0 Å². The molecule has 4 rings (SSSR count). The maximum atomic E-state index is 13.7. The lowest BCUT2D eigenvalue weighted by Crippen LogP contribution is -2.31. The number of hydrogen-bond acceptors (Lipinski definition) is 3. The first-order valence-electron chi connectivity index (χ1n) is 10.5. The second kappa shape index (κ2) is 7.42. The Labute approximate surface area is 173 Å². The van der Waals surface area contributed by atoms with Crippen molar-refractivity contribution in [2.24, 2.45) is 5.41 Å². The summed E-state index contributed by atoms with van der Waals surface area (Å²) in [7, 11) is 2.18. The van der Waals surface area contributed by atoms with Gasteiger partial charge in [0.1, 0.15) is 0 Å². The molecule has 1 atom stereocenters. The van der Waals surface area contributed by atoms with E-state index < -0.39 is 0 Å². The van der Waals surface area contributed by atoms with Crippen LogP contribution >= 0.6 is 0 Å². The number of nitrogens with zero attached hydrogens (tertiary/aromatic N) is 3. The van der Waals surface area contributed by atoms with E-state index in [2.05, 4.69) is 67.4 Å². The second-order valence-electron chi connectivity index (χ2n) is 9.68. The minimum absolute atomic E-state index is 0.0347. The number of likely N-dealkylation sites (N-methyl/N-ethyl adjacent to an activating group) is 1. The van der Waals surface area contributed by atoms with E-state index in [0.29, 0.717) is 0 Å². The van der Waals surface area contributed by atoms with Crippen LogP contribution in [0, 0.1) is 12.3 Å². The summed E-state index contributed by atoms with van der Waals surface area (Å²) in [5, 5.41) is 1.30. The number of benzene rings is 1. The highest BCUT2D eigenvalue weighted by Gasteiger charge is 2.32. The number of rotatable bonds is 4. The number of Topliss-reactive ketones (excluding diaryl/α,β-unsaturated/α-hetero) is 1. The van der Waals surface area contributed by atoms with Crippen LogP contribution < -0.4 is 0 Å². The molecule has 0 fully saturated rings. The van der Waals surface area contributed by atoms with E-state index in [1.54, 1.807) is 12.4 Å². The first kappa shape index (κ1) is 19.8. The van der Waals surface area contributed by atoms with Crippen molar-refractivity contribution >= 4 is 16.7 Å². The fourth-order valence-corrected chi connectivity index (χ4v) is 4.59. The molecule has 1 aromatic carbocycles. The summed E-state index contributed by atoms with van der Waals surface area (Å²) in [4.78, 5) is 20.2. The van der Waals surface area contributed by atoms with Crippen molar-refractivity contribution < 1.29 is 4.79 Å². The van der Waals surface area contributed by atoms with E-state index in [9.17, 15) is 4.79 Å². The Kier molecular flexibility index (Phi) is 5.07. The summed E-state index contributed by atoms with van der Waals surface area (Å²) in [6, 6.07) is 10.1. The number of hydrogen-bond donors (Lipinski definition) is 0. The number of aryl methyl sites for hydroxylation is 1. The van der Waals surface area contributed by atoms with Gasteiger partial charge in [0.05, 0.1) is 6.04 Å². The third-order valence-corrected chi connectivity index (χ3v) is 5.92. The third-order valence-electron chi connectivity index (χ3n) is 5.92. The average Bonchev–Trinajstić information content (AvgIpc) is 2.98. The van der Waals surface area contributed by atoms with Crippen LogP contribution in [0.4, 0.5) is 0 Å². The molecule has 1 unspecified atom stereocenters. The van der Waals surface area contributed by atoms with Gasteiger partial charge in [0.2, 0.25) is 0 Å². The average molecular weight is 390 g/mol. The molecular formula is C25H31N3O. The number of fused-ring (bicyclic) bond motifs is 3. The standard InChI is InChI=1S/C25H31N3O/c1-17-6-7-21-19(14-17)20-16-27(5)13-10-22(20)28(21)23(15-25(2,3)4)24(29)18-8-11-26-12-9-18/h6-9,11-12,14,23H,10,13,15-16H2,1-5H3. The molecule has 0 N–H and O–H groups in total. The number of carbonyl (C=O) groups excluding carboxylic acids is 1. The molecule has 4 nitrogen and oxygen atoms in total. The SMILES string of the molecule is Cc1ccc2c(c1)c1c(n2C(CC(C)(C)C)C(=O)c2ccncc2)CCN(C)C1. The molecular weight excluding hydrogens is 358 g/mol. The number of pyridine rings is 1. The van der Waals surface area contributed by atoms with E-state index in [-0.39, 0.29) is 17.2 Å². The van der Waals surface area contributed by atoms with Crippen LogP contribution in [0.15, 0.2) is 42.7 Å². The molecule has 0 spiro atoms. The lowest BCUT2D eigenvalue weighted by atomic mass is 9.85. The zero-order valence-corrected chi connectivity index (χ0v) is 18.2. The van der Waals surface area contributed by atoms with Gasteiger partial charge in [-0.1, -0.05) is 32.4 Å². The Morgan fingerprint density at radius 1 is 1.17 bits per heavy atom. The van der Waals surface area contributed by atoms with Crippen LogP contribution in [-0.2, 0) is 13.0 Å². The highest BCUT2D eigenvalue weighted by Crippen LogP contribution is 2.38. The summed E-state index contributed by atoms with van der Waals surface area (Å²) in [6.45, 7) is 10.8. The topological polar surface area (TPSA) is 38.1 Å². The predicted molar refractivity (Wildman–Crippen MR) is 118 cm³/mol. The maximum absolute atomic E-state index is 13.7. The molecule has 0 aliphatic carbocycles. The Balaban J connectivity index is 1.94. The Morgan fingerprint density at radius 2 is 1.90 bits per heavy atom. The number of aromatic nitrogens is 2. The van der Waals surface area contributed by atoms with Gasteiger partial charge in [0.25, 0.3) is 0 Å². The van der Waals surface area contributed by atoms with E-state index in [1.807, 2.05) is 12.1 Å². The van der Waals surface area contributed by atoms with Crippen LogP contribution in [0.3, 0.4) is 0 Å². The van der Waals surface area contributed by atoms with Gasteiger partial charge in [-0.05, 0) is 55.6 Å². The van der Waals surface area contributed by atoms with Crippen LogP contribution in [0.5, 0.6) is 0 Å². The molecule has 3 aromatic rings. The van der Waals surface area contributed by atoms with Crippen molar-refractivity contribution in [3.63, 3.8) is 0 Å². The van der Waals surface area contributed by atoms with E-state index in [4.69, 9.17) is 0 Å². The van der Waals surface area contributed by atoms with Crippen LogP contribution in [0.25, 0.3) is 10.9 Å². The van der Waals surface area contributed by atoms with E-state index in [0.717, 1.165) is 31.5 Å². The monoisotopic (exact) mass is 389 g/mol. The number of carbonyl (C=O) groups is 1. The van der Waals surface area contributed by atoms with Crippen molar-refractivity contribution in [3.8, 4) is 0 Å². The highest BCUT2D eigenvalue weighted by molar-refractivity contribution is 6.00. The molecule has 29 heavy (non-hydrogen) atoms. The van der Waals surface area contributed by atoms with Gasteiger partial charge in [-0.3, -0.25) is 9.78 Å². The molecule has 1 aliphatic rings. The molecule has 0 saturated heterocycles. The third kappa shape index (κ3) is 3.86. The zero-order chi connectivity index (χ0) is 20.8.